The van der Waals surface area contributed by atoms with Crippen LogP contribution in [0.4, 0.5) is 5.69 Å². The van der Waals surface area contributed by atoms with E-state index in [1.165, 1.54) is 0 Å². The molecule has 4 nitrogen and oxygen atoms in total. The Morgan fingerprint density at radius 2 is 1.89 bits per heavy atom. The van der Waals surface area contributed by atoms with Gasteiger partial charge in [-0.3, -0.25) is 0 Å². The highest BCUT2D eigenvalue weighted by Crippen LogP contribution is 2.27. The molecule has 1 aliphatic rings. The lowest BCUT2D eigenvalue weighted by molar-refractivity contribution is -0.00461. The number of rotatable bonds is 4. The van der Waals surface area contributed by atoms with Crippen LogP contribution < -0.4 is 4.90 Å². The second kappa shape index (κ2) is 5.89. The molecule has 100 valence electrons. The highest BCUT2D eigenvalue weighted by atomic mass is 35.5. The van der Waals surface area contributed by atoms with Crippen molar-refractivity contribution in [3.63, 3.8) is 0 Å². The number of halogens is 1. The molecule has 1 heterocycles. The maximum Gasteiger partial charge on any atom is 0.102 e. The Bertz CT molecular complexity index is 401. The SMILES string of the molecule is COC1CN(c2ccc(CO)c(Cl)c2)CC1OC. The fourth-order valence-corrected chi connectivity index (χ4v) is 2.50. The largest absolute Gasteiger partial charge is 0.392 e. The molecule has 0 radical (unpaired) electrons. The first kappa shape index (κ1) is 13.6. The lowest BCUT2D eigenvalue weighted by Gasteiger charge is -2.19. The average molecular weight is 272 g/mol. The number of ether oxygens (including phenoxy) is 2. The van der Waals surface area contributed by atoms with E-state index >= 15 is 0 Å². The van der Waals surface area contributed by atoms with Gasteiger partial charge in [0.1, 0.15) is 12.2 Å². The molecule has 1 aliphatic heterocycles. The van der Waals surface area contributed by atoms with Crippen molar-refractivity contribution in [2.45, 2.75) is 18.8 Å². The Balaban J connectivity index is 2.15. The van der Waals surface area contributed by atoms with Gasteiger partial charge in [-0.25, -0.2) is 0 Å². The van der Waals surface area contributed by atoms with Crippen molar-refractivity contribution in [1.82, 2.24) is 0 Å². The number of hydrogen-bond donors (Lipinski definition) is 1. The summed E-state index contributed by atoms with van der Waals surface area (Å²) in [5.74, 6) is 0. The van der Waals surface area contributed by atoms with Gasteiger partial charge in [0.05, 0.1) is 6.61 Å². The van der Waals surface area contributed by atoms with Gasteiger partial charge in [0.15, 0.2) is 0 Å². The summed E-state index contributed by atoms with van der Waals surface area (Å²) in [7, 11) is 3.39. The number of benzene rings is 1. The molecule has 2 unspecified atom stereocenters. The van der Waals surface area contributed by atoms with Crippen LogP contribution >= 0.6 is 11.6 Å². The molecule has 1 N–H and O–H groups in total. The number of methoxy groups -OCH3 is 2. The zero-order chi connectivity index (χ0) is 13.1. The summed E-state index contributed by atoms with van der Waals surface area (Å²) in [5.41, 5.74) is 1.77. The lowest BCUT2D eigenvalue weighted by atomic mass is 10.2. The quantitative estimate of drug-likeness (QED) is 0.905. The van der Waals surface area contributed by atoms with E-state index in [0.717, 1.165) is 24.3 Å². The number of hydrogen-bond acceptors (Lipinski definition) is 4. The van der Waals surface area contributed by atoms with Crippen LogP contribution in [0.5, 0.6) is 0 Å². The van der Waals surface area contributed by atoms with Crippen molar-refractivity contribution in [3.8, 4) is 0 Å². The van der Waals surface area contributed by atoms with Crippen LogP contribution in [0.2, 0.25) is 5.02 Å². The Morgan fingerprint density at radius 1 is 1.28 bits per heavy atom. The summed E-state index contributed by atoms with van der Waals surface area (Å²) < 4.78 is 10.8. The first-order chi connectivity index (χ1) is 8.69. The minimum atomic E-state index is -0.0412. The molecule has 18 heavy (non-hydrogen) atoms. The minimum absolute atomic E-state index is 0.0412. The second-order valence-electron chi connectivity index (χ2n) is 4.39. The zero-order valence-electron chi connectivity index (χ0n) is 10.6. The molecule has 1 aromatic carbocycles. The molecule has 0 saturated carbocycles. The van der Waals surface area contributed by atoms with Gasteiger partial charge in [-0.1, -0.05) is 17.7 Å². The molecule has 1 aromatic rings. The summed E-state index contributed by atoms with van der Waals surface area (Å²) in [6, 6.07) is 5.68. The number of aliphatic hydroxyl groups is 1. The van der Waals surface area contributed by atoms with E-state index in [1.54, 1.807) is 14.2 Å². The zero-order valence-corrected chi connectivity index (χ0v) is 11.4. The van der Waals surface area contributed by atoms with Crippen LogP contribution in [-0.4, -0.2) is 44.6 Å². The fourth-order valence-electron chi connectivity index (χ4n) is 2.27. The molecule has 5 heteroatoms. The second-order valence-corrected chi connectivity index (χ2v) is 4.79. The van der Waals surface area contributed by atoms with E-state index in [4.69, 9.17) is 26.2 Å². The third-order valence-electron chi connectivity index (χ3n) is 3.39. The van der Waals surface area contributed by atoms with E-state index < -0.39 is 0 Å². The average Bonchev–Trinajstić information content (AvgIpc) is 2.81. The normalized spacial score (nSPS) is 23.7. The highest BCUT2D eigenvalue weighted by molar-refractivity contribution is 6.31. The lowest BCUT2D eigenvalue weighted by Crippen LogP contribution is -2.27. The van der Waals surface area contributed by atoms with E-state index in [0.29, 0.717) is 5.02 Å². The number of aliphatic hydroxyl groups excluding tert-OH is 1. The van der Waals surface area contributed by atoms with Gasteiger partial charge < -0.3 is 19.5 Å². The molecule has 0 aromatic heterocycles. The van der Waals surface area contributed by atoms with Crippen LogP contribution in [0.25, 0.3) is 0 Å². The van der Waals surface area contributed by atoms with Crippen molar-refractivity contribution in [2.75, 3.05) is 32.2 Å². The van der Waals surface area contributed by atoms with Crippen LogP contribution in [0.3, 0.4) is 0 Å². The molecular weight excluding hydrogens is 254 g/mol. The number of nitrogens with zero attached hydrogens (tertiary/aromatic N) is 1. The molecule has 1 fully saturated rings. The van der Waals surface area contributed by atoms with Crippen LogP contribution in [0.1, 0.15) is 5.56 Å². The molecule has 1 saturated heterocycles. The molecule has 0 bridgehead atoms. The van der Waals surface area contributed by atoms with E-state index in [9.17, 15) is 0 Å². The van der Waals surface area contributed by atoms with Crippen molar-refractivity contribution in [1.29, 1.82) is 0 Å². The Labute approximate surface area is 112 Å². The molecule has 0 amide bonds. The smallest absolute Gasteiger partial charge is 0.102 e. The third kappa shape index (κ3) is 2.62. The first-order valence-electron chi connectivity index (χ1n) is 5.89. The minimum Gasteiger partial charge on any atom is -0.392 e. The van der Waals surface area contributed by atoms with Gasteiger partial charge in [-0.15, -0.1) is 0 Å². The Morgan fingerprint density at radius 3 is 2.33 bits per heavy atom. The first-order valence-corrected chi connectivity index (χ1v) is 6.27. The van der Waals surface area contributed by atoms with Crippen LogP contribution in [-0.2, 0) is 16.1 Å². The monoisotopic (exact) mass is 271 g/mol. The van der Waals surface area contributed by atoms with E-state index in [-0.39, 0.29) is 18.8 Å². The van der Waals surface area contributed by atoms with Crippen molar-refractivity contribution >= 4 is 17.3 Å². The molecular formula is C13H18ClNO3. The summed E-state index contributed by atoms with van der Waals surface area (Å²) >= 11 is 6.10. The molecule has 2 rings (SSSR count). The third-order valence-corrected chi connectivity index (χ3v) is 3.74. The van der Waals surface area contributed by atoms with Gasteiger partial charge >= 0.3 is 0 Å². The number of anilines is 1. The van der Waals surface area contributed by atoms with Gasteiger partial charge in [-0.2, -0.15) is 0 Å². The Hall–Kier alpha value is -0.810. The van der Waals surface area contributed by atoms with Gasteiger partial charge in [0.2, 0.25) is 0 Å². The maximum absolute atomic E-state index is 9.10. The summed E-state index contributed by atoms with van der Waals surface area (Å²) in [5, 5.41) is 9.68. The van der Waals surface area contributed by atoms with E-state index in [2.05, 4.69) is 4.90 Å². The fraction of sp³-hybridized carbons (Fsp3) is 0.538. The molecule has 0 aliphatic carbocycles. The van der Waals surface area contributed by atoms with Crippen molar-refractivity contribution in [2.24, 2.45) is 0 Å². The predicted molar refractivity (Wildman–Crippen MR) is 71.2 cm³/mol. The predicted octanol–water partition coefficient (Wildman–Crippen LogP) is 1.68. The van der Waals surface area contributed by atoms with Gasteiger partial charge in [0.25, 0.3) is 0 Å². The molecule has 2 atom stereocenters. The van der Waals surface area contributed by atoms with Crippen LogP contribution in [0.15, 0.2) is 18.2 Å². The van der Waals surface area contributed by atoms with Crippen molar-refractivity contribution in [3.05, 3.63) is 28.8 Å². The topological polar surface area (TPSA) is 41.9 Å². The standard InChI is InChI=1S/C13H18ClNO3/c1-17-12-6-15(7-13(12)18-2)10-4-3-9(8-16)11(14)5-10/h3-5,12-13,16H,6-8H2,1-2H3. The highest BCUT2D eigenvalue weighted by Gasteiger charge is 2.33. The Kier molecular flexibility index (Phi) is 4.45. The van der Waals surface area contributed by atoms with Gasteiger partial charge in [0, 0.05) is 38.0 Å². The van der Waals surface area contributed by atoms with Crippen molar-refractivity contribution < 1.29 is 14.6 Å². The summed E-state index contributed by atoms with van der Waals surface area (Å²) in [6.45, 7) is 1.52. The summed E-state index contributed by atoms with van der Waals surface area (Å²) in [6.07, 6.45) is 0.151. The summed E-state index contributed by atoms with van der Waals surface area (Å²) in [4.78, 5) is 2.18. The van der Waals surface area contributed by atoms with Crippen LogP contribution in [0, 0.1) is 0 Å². The maximum atomic E-state index is 9.10. The molecule has 0 spiro atoms. The van der Waals surface area contributed by atoms with E-state index in [1.807, 2.05) is 18.2 Å². The van der Waals surface area contributed by atoms with Gasteiger partial charge in [-0.05, 0) is 17.7 Å².